The molecule has 1 fully saturated rings. The smallest absolute Gasteiger partial charge is 0.150 e. The monoisotopic (exact) mass is 261 g/mol. The zero-order valence-electron chi connectivity index (χ0n) is 11.4. The molecule has 0 aliphatic carbocycles. The van der Waals surface area contributed by atoms with E-state index in [1.807, 2.05) is 0 Å². The predicted molar refractivity (Wildman–Crippen MR) is 72.9 cm³/mol. The summed E-state index contributed by atoms with van der Waals surface area (Å²) in [6, 6.07) is 0.501. The molecule has 17 heavy (non-hydrogen) atoms. The fourth-order valence-electron chi connectivity index (χ4n) is 2.59. The molecule has 2 unspecified atom stereocenters. The van der Waals surface area contributed by atoms with Crippen molar-refractivity contribution in [1.29, 1.82) is 0 Å². The van der Waals surface area contributed by atoms with Gasteiger partial charge in [0.05, 0.1) is 11.5 Å². The van der Waals surface area contributed by atoms with Gasteiger partial charge in [-0.15, -0.1) is 0 Å². The zero-order valence-corrected chi connectivity index (χ0v) is 12.2. The molecule has 0 bridgehead atoms. The maximum Gasteiger partial charge on any atom is 0.150 e. The van der Waals surface area contributed by atoms with Crippen molar-refractivity contribution in [3.63, 3.8) is 0 Å². The van der Waals surface area contributed by atoms with Gasteiger partial charge >= 0.3 is 0 Å². The lowest BCUT2D eigenvalue weighted by Gasteiger charge is -2.21. The van der Waals surface area contributed by atoms with E-state index < -0.39 is 9.84 Å². The third-order valence-electron chi connectivity index (χ3n) is 3.53. The minimum atomic E-state index is -2.72. The number of hydrogen-bond acceptors (Lipinski definition) is 3. The van der Waals surface area contributed by atoms with Crippen LogP contribution in [-0.2, 0) is 9.84 Å². The minimum Gasteiger partial charge on any atom is -0.314 e. The van der Waals surface area contributed by atoms with Crippen LogP contribution < -0.4 is 5.32 Å². The Morgan fingerprint density at radius 1 is 1.29 bits per heavy atom. The highest BCUT2D eigenvalue weighted by molar-refractivity contribution is 7.91. The van der Waals surface area contributed by atoms with E-state index in [2.05, 4.69) is 26.1 Å². The lowest BCUT2D eigenvalue weighted by Crippen LogP contribution is -2.31. The molecule has 1 aliphatic heterocycles. The summed E-state index contributed by atoms with van der Waals surface area (Å²) in [5, 5.41) is 3.50. The van der Waals surface area contributed by atoms with Gasteiger partial charge in [-0.05, 0) is 44.1 Å². The Morgan fingerprint density at radius 2 is 2.00 bits per heavy atom. The standard InChI is InChI=1S/C13H27NO2S/c1-4-14-13(6-5-11(2)3)9-12-7-8-17(15,16)10-12/h11-14H,4-10H2,1-3H3. The van der Waals surface area contributed by atoms with Gasteiger partial charge in [0.25, 0.3) is 0 Å². The van der Waals surface area contributed by atoms with Crippen molar-refractivity contribution in [2.24, 2.45) is 11.8 Å². The SMILES string of the molecule is CCNC(CCC(C)C)CC1CCS(=O)(=O)C1. The minimum absolute atomic E-state index is 0.385. The molecule has 102 valence electrons. The third-order valence-corrected chi connectivity index (χ3v) is 5.37. The molecule has 0 aromatic carbocycles. The summed E-state index contributed by atoms with van der Waals surface area (Å²) in [5.41, 5.74) is 0. The van der Waals surface area contributed by atoms with Gasteiger partial charge in [-0.25, -0.2) is 8.42 Å². The van der Waals surface area contributed by atoms with Crippen LogP contribution in [0.2, 0.25) is 0 Å². The summed E-state index contributed by atoms with van der Waals surface area (Å²) in [7, 11) is -2.72. The van der Waals surface area contributed by atoms with Crippen LogP contribution in [0.25, 0.3) is 0 Å². The largest absolute Gasteiger partial charge is 0.314 e. The number of nitrogens with one attached hydrogen (secondary N) is 1. The molecule has 0 radical (unpaired) electrons. The quantitative estimate of drug-likeness (QED) is 0.764. The maximum atomic E-state index is 11.4. The lowest BCUT2D eigenvalue weighted by molar-refractivity contribution is 0.367. The van der Waals surface area contributed by atoms with Crippen LogP contribution in [0.15, 0.2) is 0 Å². The highest BCUT2D eigenvalue weighted by Crippen LogP contribution is 2.24. The van der Waals surface area contributed by atoms with Crippen LogP contribution in [0.3, 0.4) is 0 Å². The van der Waals surface area contributed by atoms with Crippen molar-refractivity contribution in [2.45, 2.75) is 52.5 Å². The van der Waals surface area contributed by atoms with Gasteiger partial charge in [-0.1, -0.05) is 20.8 Å². The molecule has 0 saturated carbocycles. The third kappa shape index (κ3) is 5.87. The predicted octanol–water partition coefficient (Wildman–Crippen LogP) is 2.23. The molecule has 3 nitrogen and oxygen atoms in total. The summed E-state index contributed by atoms with van der Waals surface area (Å²) in [5.74, 6) is 1.93. The summed E-state index contributed by atoms with van der Waals surface area (Å²) >= 11 is 0. The second kappa shape index (κ2) is 6.74. The van der Waals surface area contributed by atoms with Crippen LogP contribution in [0, 0.1) is 11.8 Å². The molecule has 4 heteroatoms. The number of sulfone groups is 1. The Balaban J connectivity index is 2.38. The fraction of sp³-hybridized carbons (Fsp3) is 1.00. The molecular weight excluding hydrogens is 234 g/mol. The van der Waals surface area contributed by atoms with Gasteiger partial charge in [-0.3, -0.25) is 0 Å². The van der Waals surface area contributed by atoms with Crippen molar-refractivity contribution in [3.8, 4) is 0 Å². The molecule has 2 atom stereocenters. The molecule has 1 saturated heterocycles. The molecule has 1 heterocycles. The summed E-state index contributed by atoms with van der Waals surface area (Å²) in [4.78, 5) is 0. The summed E-state index contributed by atoms with van der Waals surface area (Å²) in [6.45, 7) is 7.57. The first kappa shape index (κ1) is 15.0. The second-order valence-electron chi connectivity index (χ2n) is 5.73. The van der Waals surface area contributed by atoms with Gasteiger partial charge in [-0.2, -0.15) is 0 Å². The van der Waals surface area contributed by atoms with E-state index >= 15 is 0 Å². The summed E-state index contributed by atoms with van der Waals surface area (Å²) in [6.07, 6.45) is 4.28. The molecule has 0 aromatic heterocycles. The number of rotatable bonds is 7. The van der Waals surface area contributed by atoms with Crippen LogP contribution in [0.4, 0.5) is 0 Å². The zero-order chi connectivity index (χ0) is 12.9. The lowest BCUT2D eigenvalue weighted by atomic mass is 9.94. The average Bonchev–Trinajstić information content (AvgIpc) is 2.55. The van der Waals surface area contributed by atoms with Gasteiger partial charge < -0.3 is 5.32 Å². The van der Waals surface area contributed by atoms with Crippen molar-refractivity contribution in [2.75, 3.05) is 18.1 Å². The Kier molecular flexibility index (Phi) is 5.93. The van der Waals surface area contributed by atoms with E-state index in [0.29, 0.717) is 23.5 Å². The Bertz CT molecular complexity index is 311. The number of hydrogen-bond donors (Lipinski definition) is 1. The van der Waals surface area contributed by atoms with Crippen molar-refractivity contribution in [1.82, 2.24) is 5.32 Å². The van der Waals surface area contributed by atoms with E-state index in [1.165, 1.54) is 12.8 Å². The fourth-order valence-corrected chi connectivity index (χ4v) is 4.47. The summed E-state index contributed by atoms with van der Waals surface area (Å²) < 4.78 is 22.9. The van der Waals surface area contributed by atoms with Crippen LogP contribution >= 0.6 is 0 Å². The molecule has 1 aliphatic rings. The van der Waals surface area contributed by atoms with E-state index in [1.54, 1.807) is 0 Å². The van der Waals surface area contributed by atoms with Gasteiger partial charge in [0.2, 0.25) is 0 Å². The molecule has 1 rings (SSSR count). The molecule has 0 aromatic rings. The van der Waals surface area contributed by atoms with Crippen molar-refractivity contribution >= 4 is 9.84 Å². The van der Waals surface area contributed by atoms with E-state index in [0.717, 1.165) is 25.3 Å². The van der Waals surface area contributed by atoms with Crippen molar-refractivity contribution in [3.05, 3.63) is 0 Å². The molecular formula is C13H27NO2S. The first-order valence-electron chi connectivity index (χ1n) is 6.86. The van der Waals surface area contributed by atoms with Gasteiger partial charge in [0.15, 0.2) is 9.84 Å². The maximum absolute atomic E-state index is 11.4. The highest BCUT2D eigenvalue weighted by atomic mass is 32.2. The average molecular weight is 261 g/mol. The topological polar surface area (TPSA) is 46.2 Å². The van der Waals surface area contributed by atoms with Crippen LogP contribution in [0.1, 0.15) is 46.5 Å². The van der Waals surface area contributed by atoms with Crippen LogP contribution in [0.5, 0.6) is 0 Å². The van der Waals surface area contributed by atoms with Crippen molar-refractivity contribution < 1.29 is 8.42 Å². The molecule has 1 N–H and O–H groups in total. The first-order chi connectivity index (χ1) is 7.93. The van der Waals surface area contributed by atoms with Crippen LogP contribution in [-0.4, -0.2) is 32.5 Å². The normalized spacial score (nSPS) is 25.3. The van der Waals surface area contributed by atoms with E-state index in [4.69, 9.17) is 0 Å². The van der Waals surface area contributed by atoms with E-state index in [9.17, 15) is 8.42 Å². The van der Waals surface area contributed by atoms with Gasteiger partial charge in [0.1, 0.15) is 0 Å². The van der Waals surface area contributed by atoms with Gasteiger partial charge in [0, 0.05) is 6.04 Å². The molecule has 0 spiro atoms. The Morgan fingerprint density at radius 3 is 2.47 bits per heavy atom. The Labute approximate surface area is 106 Å². The first-order valence-corrected chi connectivity index (χ1v) is 8.69. The molecule has 0 amide bonds. The van der Waals surface area contributed by atoms with E-state index in [-0.39, 0.29) is 0 Å². The second-order valence-corrected chi connectivity index (χ2v) is 7.96. The Hall–Kier alpha value is -0.0900. The highest BCUT2D eigenvalue weighted by Gasteiger charge is 2.29.